The van der Waals surface area contributed by atoms with Crippen LogP contribution in [0.4, 0.5) is 13.2 Å². The summed E-state index contributed by atoms with van der Waals surface area (Å²) in [6.07, 6.45) is -3.07. The van der Waals surface area contributed by atoms with Crippen LogP contribution in [0.2, 0.25) is 5.15 Å². The largest absolute Gasteiger partial charge is 0.573 e. The number of pyridine rings is 1. The molecule has 0 spiro atoms. The number of benzene rings is 1. The first kappa shape index (κ1) is 15.1. The third-order valence-corrected chi connectivity index (χ3v) is 2.88. The van der Waals surface area contributed by atoms with Crippen LogP contribution >= 0.6 is 11.6 Å². The van der Waals surface area contributed by atoms with Gasteiger partial charge in [-0.25, -0.2) is 4.98 Å². The zero-order valence-electron chi connectivity index (χ0n) is 10.5. The maximum Gasteiger partial charge on any atom is 0.573 e. The number of aromatic nitrogens is 1. The van der Waals surface area contributed by atoms with Gasteiger partial charge < -0.3 is 4.74 Å². The summed E-state index contributed by atoms with van der Waals surface area (Å²) in [7, 11) is 0. The van der Waals surface area contributed by atoms with Crippen LogP contribution in [0.5, 0.6) is 5.75 Å². The molecular weight excluding hydrogens is 305 g/mol. The highest BCUT2D eigenvalue weighted by molar-refractivity contribution is 6.32. The molecule has 108 valence electrons. The first-order valence-electron chi connectivity index (χ1n) is 5.76. The fourth-order valence-electron chi connectivity index (χ4n) is 1.72. The third-order valence-electron chi connectivity index (χ3n) is 2.58. The summed E-state index contributed by atoms with van der Waals surface area (Å²) in [5.74, 6) is -0.316. The van der Waals surface area contributed by atoms with Crippen molar-refractivity contribution >= 4 is 11.6 Å². The maximum absolute atomic E-state index is 12.1. The SMILES string of the molecule is N#CCc1cnc(Cl)c(-c2ccc(OC(F)(F)F)cc2)c1. The lowest BCUT2D eigenvalue weighted by Crippen LogP contribution is -2.16. The monoisotopic (exact) mass is 312 g/mol. The van der Waals surface area contributed by atoms with Crippen LogP contribution in [0.3, 0.4) is 0 Å². The molecule has 0 aliphatic carbocycles. The van der Waals surface area contributed by atoms with E-state index in [0.717, 1.165) is 0 Å². The second kappa shape index (κ2) is 6.02. The van der Waals surface area contributed by atoms with Crippen molar-refractivity contribution < 1.29 is 17.9 Å². The fraction of sp³-hybridized carbons (Fsp3) is 0.143. The first-order valence-corrected chi connectivity index (χ1v) is 6.14. The van der Waals surface area contributed by atoms with Gasteiger partial charge in [-0.1, -0.05) is 23.7 Å². The van der Waals surface area contributed by atoms with Crippen molar-refractivity contribution in [1.82, 2.24) is 4.98 Å². The summed E-state index contributed by atoms with van der Waals surface area (Å²) in [5, 5.41) is 8.87. The summed E-state index contributed by atoms with van der Waals surface area (Å²) < 4.78 is 40.0. The van der Waals surface area contributed by atoms with Gasteiger partial charge in [0, 0.05) is 11.8 Å². The smallest absolute Gasteiger partial charge is 0.406 e. The lowest BCUT2D eigenvalue weighted by molar-refractivity contribution is -0.274. The van der Waals surface area contributed by atoms with Crippen LogP contribution in [0.15, 0.2) is 36.5 Å². The quantitative estimate of drug-likeness (QED) is 0.791. The Labute approximate surface area is 123 Å². The number of nitriles is 1. The standard InChI is InChI=1S/C14H8ClF3N2O/c15-13-12(7-9(5-6-19)8-20-13)10-1-3-11(4-2-10)21-14(16,17)18/h1-4,7-8H,5H2. The molecule has 0 atom stereocenters. The fourth-order valence-corrected chi connectivity index (χ4v) is 1.93. The highest BCUT2D eigenvalue weighted by Crippen LogP contribution is 2.30. The van der Waals surface area contributed by atoms with E-state index in [0.29, 0.717) is 16.7 Å². The second-order valence-electron chi connectivity index (χ2n) is 4.09. The van der Waals surface area contributed by atoms with E-state index in [2.05, 4.69) is 9.72 Å². The number of hydrogen-bond acceptors (Lipinski definition) is 3. The molecule has 3 nitrogen and oxygen atoms in total. The van der Waals surface area contributed by atoms with Crippen LogP contribution in [-0.2, 0) is 6.42 Å². The Bertz CT molecular complexity index is 678. The molecule has 1 heterocycles. The minimum Gasteiger partial charge on any atom is -0.406 e. The van der Waals surface area contributed by atoms with Gasteiger partial charge in [-0.3, -0.25) is 0 Å². The van der Waals surface area contributed by atoms with Gasteiger partial charge in [0.2, 0.25) is 0 Å². The molecule has 7 heteroatoms. The van der Waals surface area contributed by atoms with Crippen LogP contribution in [0, 0.1) is 11.3 Å². The van der Waals surface area contributed by atoms with E-state index in [-0.39, 0.29) is 17.3 Å². The third kappa shape index (κ3) is 4.10. The molecule has 0 unspecified atom stereocenters. The molecule has 0 radical (unpaired) electrons. The van der Waals surface area contributed by atoms with Crippen LogP contribution in [0.1, 0.15) is 5.56 Å². The Kier molecular flexibility index (Phi) is 4.34. The molecule has 0 bridgehead atoms. The Morgan fingerprint density at radius 2 is 1.90 bits per heavy atom. The highest BCUT2D eigenvalue weighted by atomic mass is 35.5. The molecule has 0 aliphatic heterocycles. The van der Waals surface area contributed by atoms with Gasteiger partial charge in [0.15, 0.2) is 0 Å². The molecule has 2 rings (SSSR count). The Balaban J connectivity index is 2.30. The van der Waals surface area contributed by atoms with Crippen molar-refractivity contribution in [3.8, 4) is 22.9 Å². The average molecular weight is 313 g/mol. The van der Waals surface area contributed by atoms with E-state index in [4.69, 9.17) is 16.9 Å². The topological polar surface area (TPSA) is 45.9 Å². The molecule has 21 heavy (non-hydrogen) atoms. The van der Waals surface area contributed by atoms with Gasteiger partial charge >= 0.3 is 6.36 Å². The average Bonchev–Trinajstić information content (AvgIpc) is 2.40. The lowest BCUT2D eigenvalue weighted by Gasteiger charge is -2.10. The zero-order valence-corrected chi connectivity index (χ0v) is 11.2. The molecule has 0 saturated carbocycles. The van der Waals surface area contributed by atoms with Crippen molar-refractivity contribution in [2.75, 3.05) is 0 Å². The maximum atomic E-state index is 12.1. The summed E-state index contributed by atoms with van der Waals surface area (Å²) in [6, 6.07) is 8.94. The van der Waals surface area contributed by atoms with Gasteiger partial charge in [0.25, 0.3) is 0 Å². The van der Waals surface area contributed by atoms with Crippen LogP contribution in [-0.4, -0.2) is 11.3 Å². The Morgan fingerprint density at radius 1 is 1.24 bits per heavy atom. The van der Waals surface area contributed by atoms with Gasteiger partial charge in [0.1, 0.15) is 10.9 Å². The summed E-state index contributed by atoms with van der Waals surface area (Å²) >= 11 is 5.97. The minimum atomic E-state index is -4.73. The van der Waals surface area contributed by atoms with E-state index in [1.54, 1.807) is 6.07 Å². The van der Waals surface area contributed by atoms with Crippen LogP contribution in [0.25, 0.3) is 11.1 Å². The number of ether oxygens (including phenoxy) is 1. The molecule has 0 saturated heterocycles. The van der Waals surface area contributed by atoms with E-state index in [1.165, 1.54) is 30.5 Å². The molecule has 0 N–H and O–H groups in total. The van der Waals surface area contributed by atoms with E-state index in [1.807, 2.05) is 6.07 Å². The summed E-state index contributed by atoms with van der Waals surface area (Å²) in [5.41, 5.74) is 1.80. The normalized spacial score (nSPS) is 11.0. The van der Waals surface area contributed by atoms with Gasteiger partial charge in [-0.15, -0.1) is 13.2 Å². The van der Waals surface area contributed by atoms with Crippen molar-refractivity contribution in [3.63, 3.8) is 0 Å². The second-order valence-corrected chi connectivity index (χ2v) is 4.45. The number of alkyl halides is 3. The summed E-state index contributed by atoms with van der Waals surface area (Å²) in [6.45, 7) is 0. The molecule has 1 aromatic carbocycles. The number of hydrogen-bond donors (Lipinski definition) is 0. The lowest BCUT2D eigenvalue weighted by atomic mass is 10.0. The van der Waals surface area contributed by atoms with Crippen LogP contribution < -0.4 is 4.74 Å². The number of nitrogens with zero attached hydrogens (tertiary/aromatic N) is 2. The minimum absolute atomic E-state index is 0.173. The molecule has 1 aromatic heterocycles. The Hall–Kier alpha value is -2.26. The first-order chi connectivity index (χ1) is 9.89. The predicted octanol–water partition coefficient (Wildman–Crippen LogP) is 4.37. The molecule has 0 fully saturated rings. The van der Waals surface area contributed by atoms with E-state index in [9.17, 15) is 13.2 Å². The van der Waals surface area contributed by atoms with E-state index < -0.39 is 6.36 Å². The zero-order chi connectivity index (χ0) is 15.5. The van der Waals surface area contributed by atoms with Crippen molar-refractivity contribution in [1.29, 1.82) is 5.26 Å². The Morgan fingerprint density at radius 3 is 2.48 bits per heavy atom. The molecule has 0 aliphatic rings. The molecular formula is C14H8ClF3N2O. The van der Waals surface area contributed by atoms with Crippen molar-refractivity contribution in [2.24, 2.45) is 0 Å². The molecule has 0 amide bonds. The van der Waals surface area contributed by atoms with E-state index >= 15 is 0 Å². The molecule has 2 aromatic rings. The van der Waals surface area contributed by atoms with Gasteiger partial charge in [-0.2, -0.15) is 5.26 Å². The van der Waals surface area contributed by atoms with Gasteiger partial charge in [-0.05, 0) is 29.3 Å². The summed E-state index contributed by atoms with van der Waals surface area (Å²) in [4.78, 5) is 3.96. The van der Waals surface area contributed by atoms with Gasteiger partial charge in [0.05, 0.1) is 12.5 Å². The highest BCUT2D eigenvalue weighted by Gasteiger charge is 2.30. The number of halogens is 4. The van der Waals surface area contributed by atoms with Crippen molar-refractivity contribution in [2.45, 2.75) is 12.8 Å². The number of rotatable bonds is 3. The predicted molar refractivity (Wildman–Crippen MR) is 70.7 cm³/mol. The van der Waals surface area contributed by atoms with Crippen molar-refractivity contribution in [3.05, 3.63) is 47.2 Å².